The van der Waals surface area contributed by atoms with Gasteiger partial charge in [-0.15, -0.1) is 0 Å². The maximum Gasteiger partial charge on any atom is 0.312 e. The molecule has 0 aliphatic heterocycles. The molecule has 3 heteroatoms. The Morgan fingerprint density at radius 2 is 1.60 bits per heavy atom. The van der Waals surface area contributed by atoms with Crippen LogP contribution < -0.4 is 0 Å². The van der Waals surface area contributed by atoms with Crippen molar-refractivity contribution in [3.8, 4) is 0 Å². The molecule has 4 aliphatic rings. The second-order valence-corrected chi connectivity index (χ2v) is 10.1. The van der Waals surface area contributed by atoms with E-state index in [9.17, 15) is 4.79 Å². The van der Waals surface area contributed by atoms with Crippen LogP contribution in [0.4, 0.5) is 0 Å². The minimum atomic E-state index is -0.406. The van der Waals surface area contributed by atoms with E-state index in [0.717, 1.165) is 37.7 Å². The quantitative estimate of drug-likeness (QED) is 0.568. The predicted molar refractivity (Wildman–Crippen MR) is 100 cm³/mol. The number of rotatable bonds is 7. The van der Waals surface area contributed by atoms with Gasteiger partial charge in [0.15, 0.2) is 0 Å². The summed E-state index contributed by atoms with van der Waals surface area (Å²) in [7, 11) is 0. The van der Waals surface area contributed by atoms with Gasteiger partial charge in [0.25, 0.3) is 0 Å². The fourth-order valence-corrected chi connectivity index (χ4v) is 6.31. The maximum absolute atomic E-state index is 12.9. The van der Waals surface area contributed by atoms with E-state index in [0.29, 0.717) is 0 Å². The van der Waals surface area contributed by atoms with Crippen molar-refractivity contribution in [2.24, 2.45) is 22.7 Å². The topological polar surface area (TPSA) is 35.5 Å². The summed E-state index contributed by atoms with van der Waals surface area (Å²) in [5.74, 6) is 1.47. The molecular formula is C22H38O3. The van der Waals surface area contributed by atoms with E-state index in [1.54, 1.807) is 0 Å². The third-order valence-corrected chi connectivity index (χ3v) is 8.01. The Hall–Kier alpha value is -0.570. The number of carbonyl (C=O) groups excluding carboxylic acids is 1. The van der Waals surface area contributed by atoms with Gasteiger partial charge in [0.05, 0.1) is 11.0 Å². The van der Waals surface area contributed by atoms with Gasteiger partial charge in [0, 0.05) is 12.0 Å². The van der Waals surface area contributed by atoms with E-state index in [2.05, 4.69) is 27.7 Å². The first-order chi connectivity index (χ1) is 11.6. The molecule has 0 aromatic rings. The predicted octanol–water partition coefficient (Wildman–Crippen LogP) is 5.51. The molecule has 0 aromatic carbocycles. The summed E-state index contributed by atoms with van der Waals surface area (Å²) in [5, 5.41) is 0. The highest BCUT2D eigenvalue weighted by atomic mass is 16.6. The van der Waals surface area contributed by atoms with Crippen LogP contribution in [-0.4, -0.2) is 23.8 Å². The van der Waals surface area contributed by atoms with Crippen molar-refractivity contribution in [3.05, 3.63) is 0 Å². The number of hydrogen-bond acceptors (Lipinski definition) is 3. The molecule has 0 spiro atoms. The van der Waals surface area contributed by atoms with Crippen molar-refractivity contribution in [3.63, 3.8) is 0 Å². The molecule has 3 unspecified atom stereocenters. The van der Waals surface area contributed by atoms with Crippen molar-refractivity contribution >= 4 is 5.97 Å². The van der Waals surface area contributed by atoms with Gasteiger partial charge in [-0.3, -0.25) is 4.79 Å². The van der Waals surface area contributed by atoms with Crippen LogP contribution in [-0.2, 0) is 14.3 Å². The van der Waals surface area contributed by atoms with Crippen LogP contribution in [0.1, 0.15) is 92.9 Å². The zero-order valence-corrected chi connectivity index (χ0v) is 17.2. The number of hydrogen-bond donors (Lipinski definition) is 0. The Bertz CT molecular complexity index is 509. The van der Waals surface area contributed by atoms with Crippen LogP contribution in [0.25, 0.3) is 0 Å². The standard InChI is InChI=1S/C22H38O3/c1-7-19(4,5)18(23)25-20(6,8-2)21-11-16-10-17(12-21)14-22(13-16,15-21)24-9-3/h16-17H,7-15H2,1-6H3. The molecule has 0 aromatic heterocycles. The van der Waals surface area contributed by atoms with Gasteiger partial charge in [-0.25, -0.2) is 0 Å². The first-order valence-electron chi connectivity index (χ1n) is 10.5. The fourth-order valence-electron chi connectivity index (χ4n) is 6.31. The van der Waals surface area contributed by atoms with Crippen molar-refractivity contribution in [2.75, 3.05) is 6.61 Å². The van der Waals surface area contributed by atoms with Gasteiger partial charge >= 0.3 is 5.97 Å². The summed E-state index contributed by atoms with van der Waals surface area (Å²) < 4.78 is 12.7. The summed E-state index contributed by atoms with van der Waals surface area (Å²) >= 11 is 0. The number of ether oxygens (including phenoxy) is 2. The molecule has 25 heavy (non-hydrogen) atoms. The normalized spacial score (nSPS) is 39.3. The van der Waals surface area contributed by atoms with Gasteiger partial charge in [0.1, 0.15) is 5.60 Å². The Labute approximate surface area is 154 Å². The lowest BCUT2D eigenvalue weighted by Crippen LogP contribution is -2.64. The van der Waals surface area contributed by atoms with Crippen LogP contribution >= 0.6 is 0 Å². The van der Waals surface area contributed by atoms with Crippen LogP contribution in [0.2, 0.25) is 0 Å². The molecule has 0 heterocycles. The third kappa shape index (κ3) is 3.05. The first-order valence-corrected chi connectivity index (χ1v) is 10.5. The van der Waals surface area contributed by atoms with Crippen LogP contribution in [0.3, 0.4) is 0 Å². The van der Waals surface area contributed by atoms with Crippen molar-refractivity contribution in [1.29, 1.82) is 0 Å². The number of carbonyl (C=O) groups is 1. The minimum Gasteiger partial charge on any atom is -0.458 e. The van der Waals surface area contributed by atoms with Crippen molar-refractivity contribution in [2.45, 2.75) is 104 Å². The van der Waals surface area contributed by atoms with E-state index in [1.165, 1.54) is 32.1 Å². The lowest BCUT2D eigenvalue weighted by Gasteiger charge is -2.66. The van der Waals surface area contributed by atoms with Gasteiger partial charge in [-0.05, 0) is 90.9 Å². The lowest BCUT2D eigenvalue weighted by atomic mass is 9.43. The Kier molecular flexibility index (Phi) is 4.80. The van der Waals surface area contributed by atoms with Crippen molar-refractivity contribution in [1.82, 2.24) is 0 Å². The zero-order valence-electron chi connectivity index (χ0n) is 17.2. The highest BCUT2D eigenvalue weighted by Gasteiger charge is 2.65. The van der Waals surface area contributed by atoms with Gasteiger partial charge < -0.3 is 9.47 Å². The third-order valence-electron chi connectivity index (χ3n) is 8.01. The molecule has 0 N–H and O–H groups in total. The number of esters is 1. The first kappa shape index (κ1) is 19.2. The van der Waals surface area contributed by atoms with Gasteiger partial charge in [-0.1, -0.05) is 13.8 Å². The monoisotopic (exact) mass is 350 g/mol. The van der Waals surface area contributed by atoms with E-state index in [4.69, 9.17) is 9.47 Å². The smallest absolute Gasteiger partial charge is 0.312 e. The minimum absolute atomic E-state index is 0.0273. The highest BCUT2D eigenvalue weighted by Crippen LogP contribution is 2.67. The van der Waals surface area contributed by atoms with Gasteiger partial charge in [0.2, 0.25) is 0 Å². The van der Waals surface area contributed by atoms with Crippen LogP contribution in [0, 0.1) is 22.7 Å². The van der Waals surface area contributed by atoms with Crippen LogP contribution in [0.15, 0.2) is 0 Å². The molecule has 144 valence electrons. The molecule has 4 rings (SSSR count). The van der Waals surface area contributed by atoms with Crippen LogP contribution in [0.5, 0.6) is 0 Å². The summed E-state index contributed by atoms with van der Waals surface area (Å²) in [6.45, 7) is 13.4. The fraction of sp³-hybridized carbons (Fsp3) is 0.955. The second-order valence-electron chi connectivity index (χ2n) is 10.1. The van der Waals surface area contributed by atoms with E-state index < -0.39 is 5.41 Å². The zero-order chi connectivity index (χ0) is 18.5. The van der Waals surface area contributed by atoms with E-state index in [-0.39, 0.29) is 22.6 Å². The highest BCUT2D eigenvalue weighted by molar-refractivity contribution is 5.76. The van der Waals surface area contributed by atoms with Gasteiger partial charge in [-0.2, -0.15) is 0 Å². The Morgan fingerprint density at radius 1 is 1.00 bits per heavy atom. The molecule has 3 atom stereocenters. The molecule has 4 saturated carbocycles. The van der Waals surface area contributed by atoms with E-state index >= 15 is 0 Å². The molecule has 0 amide bonds. The lowest BCUT2D eigenvalue weighted by molar-refractivity contribution is -0.251. The largest absolute Gasteiger partial charge is 0.458 e. The molecule has 4 bridgehead atoms. The maximum atomic E-state index is 12.9. The summed E-state index contributed by atoms with van der Waals surface area (Å²) in [4.78, 5) is 12.9. The molecule has 3 nitrogen and oxygen atoms in total. The summed E-state index contributed by atoms with van der Waals surface area (Å²) in [6.07, 6.45) is 8.98. The molecule has 4 aliphatic carbocycles. The van der Waals surface area contributed by atoms with E-state index in [1.807, 2.05) is 13.8 Å². The Morgan fingerprint density at radius 3 is 2.08 bits per heavy atom. The molecule has 0 saturated heterocycles. The second kappa shape index (κ2) is 6.25. The Balaban J connectivity index is 1.90. The average molecular weight is 351 g/mol. The SMILES string of the molecule is CCOC12CC3CC(C1)CC(C(C)(CC)OC(=O)C(C)(C)CC)(C3)C2. The summed E-state index contributed by atoms with van der Waals surface area (Å²) in [6, 6.07) is 0. The summed E-state index contributed by atoms with van der Waals surface area (Å²) in [5.41, 5.74) is -0.643. The molecule has 0 radical (unpaired) electrons. The average Bonchev–Trinajstić information content (AvgIpc) is 2.53. The van der Waals surface area contributed by atoms with Crippen molar-refractivity contribution < 1.29 is 14.3 Å². The molecule has 4 fully saturated rings. The molecular weight excluding hydrogens is 312 g/mol.